The van der Waals surface area contributed by atoms with E-state index in [0.29, 0.717) is 19.1 Å². The summed E-state index contributed by atoms with van der Waals surface area (Å²) in [6, 6.07) is 10.1. The third kappa shape index (κ3) is 2.58. The minimum absolute atomic E-state index is 0.452. The molecule has 0 bridgehead atoms. The minimum atomic E-state index is -0.524. The van der Waals surface area contributed by atoms with E-state index in [1.54, 1.807) is 0 Å². The van der Waals surface area contributed by atoms with Crippen LogP contribution in [0.25, 0.3) is 0 Å². The Morgan fingerprint density at radius 2 is 2.13 bits per heavy atom. The lowest BCUT2D eigenvalue weighted by atomic mass is 10.2. The maximum atomic E-state index is 9.94. The monoisotopic (exact) mass is 206 g/mol. The average molecular weight is 206 g/mol. The second kappa shape index (κ2) is 4.33. The summed E-state index contributed by atoms with van der Waals surface area (Å²) in [6.45, 7) is 3.18. The van der Waals surface area contributed by atoms with Crippen molar-refractivity contribution in [2.24, 2.45) is 5.92 Å². The van der Waals surface area contributed by atoms with Gasteiger partial charge in [0.2, 0.25) is 0 Å². The molecule has 82 valence electrons. The van der Waals surface area contributed by atoms with E-state index >= 15 is 0 Å². The minimum Gasteiger partial charge on any atom is -0.387 e. The quantitative estimate of drug-likeness (QED) is 0.801. The summed E-state index contributed by atoms with van der Waals surface area (Å²) in [5, 5.41) is 9.94. The van der Waals surface area contributed by atoms with E-state index in [2.05, 4.69) is 6.92 Å². The Hall–Kier alpha value is -0.860. The Morgan fingerprint density at radius 1 is 1.40 bits per heavy atom. The molecule has 2 atom stereocenters. The third-order valence-electron chi connectivity index (χ3n) is 3.16. The molecule has 0 saturated heterocycles. The van der Waals surface area contributed by atoms with Crippen LogP contribution in [0, 0.1) is 5.92 Å². The number of benzene rings is 1. The highest BCUT2D eigenvalue weighted by Gasteiger charge is 2.51. The molecule has 1 fully saturated rings. The zero-order chi connectivity index (χ0) is 10.7. The fourth-order valence-corrected chi connectivity index (χ4v) is 1.99. The summed E-state index contributed by atoms with van der Waals surface area (Å²) in [4.78, 5) is 0. The molecule has 0 heterocycles. The lowest BCUT2D eigenvalue weighted by Gasteiger charge is -2.10. The van der Waals surface area contributed by atoms with E-state index in [1.165, 1.54) is 0 Å². The summed E-state index contributed by atoms with van der Waals surface area (Å²) < 4.78 is 5.53. The Morgan fingerprint density at radius 3 is 2.73 bits per heavy atom. The van der Waals surface area contributed by atoms with Gasteiger partial charge >= 0.3 is 0 Å². The molecule has 0 radical (unpaired) electrons. The molecular formula is C13H18O2. The van der Waals surface area contributed by atoms with Crippen LogP contribution in [0.3, 0.4) is 0 Å². The molecule has 1 aromatic carbocycles. The van der Waals surface area contributed by atoms with E-state index in [9.17, 15) is 5.11 Å². The lowest BCUT2D eigenvalue weighted by Crippen LogP contribution is -2.19. The Bertz CT molecular complexity index is 310. The second-order valence-electron chi connectivity index (χ2n) is 4.39. The van der Waals surface area contributed by atoms with E-state index in [1.807, 2.05) is 30.3 Å². The fraction of sp³-hybridized carbons (Fsp3) is 0.538. The van der Waals surface area contributed by atoms with Gasteiger partial charge in [0.15, 0.2) is 0 Å². The van der Waals surface area contributed by atoms with E-state index < -0.39 is 5.60 Å². The number of hydrogen-bond acceptors (Lipinski definition) is 2. The molecule has 2 heteroatoms. The maximum Gasteiger partial charge on any atom is 0.0912 e. The number of ether oxygens (including phenoxy) is 1. The van der Waals surface area contributed by atoms with E-state index in [0.717, 1.165) is 18.4 Å². The van der Waals surface area contributed by atoms with Crippen LogP contribution in [0.4, 0.5) is 0 Å². The molecule has 0 amide bonds. The van der Waals surface area contributed by atoms with Gasteiger partial charge in [-0.15, -0.1) is 0 Å². The first-order valence-electron chi connectivity index (χ1n) is 5.58. The summed E-state index contributed by atoms with van der Waals surface area (Å²) in [5.74, 6) is 0.452. The predicted octanol–water partition coefficient (Wildman–Crippen LogP) is 2.36. The van der Waals surface area contributed by atoms with Crippen molar-refractivity contribution >= 4 is 0 Å². The van der Waals surface area contributed by atoms with Crippen LogP contribution in [0.2, 0.25) is 0 Å². The molecule has 1 aliphatic rings. The second-order valence-corrected chi connectivity index (χ2v) is 4.39. The van der Waals surface area contributed by atoms with Gasteiger partial charge in [-0.05, 0) is 17.9 Å². The molecule has 0 spiro atoms. The van der Waals surface area contributed by atoms with Gasteiger partial charge in [0, 0.05) is 0 Å². The van der Waals surface area contributed by atoms with Gasteiger partial charge in [-0.25, -0.2) is 0 Å². The van der Waals surface area contributed by atoms with Crippen molar-refractivity contribution in [2.75, 3.05) is 6.61 Å². The van der Waals surface area contributed by atoms with Crippen molar-refractivity contribution in [3.63, 3.8) is 0 Å². The van der Waals surface area contributed by atoms with Gasteiger partial charge in [0.05, 0.1) is 18.8 Å². The molecule has 15 heavy (non-hydrogen) atoms. The van der Waals surface area contributed by atoms with E-state index in [4.69, 9.17) is 4.74 Å². The summed E-state index contributed by atoms with van der Waals surface area (Å²) in [6.07, 6.45) is 1.95. The largest absolute Gasteiger partial charge is 0.387 e. The van der Waals surface area contributed by atoms with Crippen LogP contribution in [0.1, 0.15) is 25.3 Å². The molecule has 0 aliphatic heterocycles. The van der Waals surface area contributed by atoms with Crippen LogP contribution in [0.15, 0.2) is 30.3 Å². The van der Waals surface area contributed by atoms with Crippen molar-refractivity contribution in [1.82, 2.24) is 0 Å². The highest BCUT2D eigenvalue weighted by atomic mass is 16.5. The first-order chi connectivity index (χ1) is 7.24. The maximum absolute atomic E-state index is 9.94. The summed E-state index contributed by atoms with van der Waals surface area (Å²) in [5.41, 5.74) is 0.638. The number of hydrogen-bond donors (Lipinski definition) is 1. The van der Waals surface area contributed by atoms with Crippen molar-refractivity contribution < 1.29 is 9.84 Å². The first kappa shape index (κ1) is 10.7. The highest BCUT2D eigenvalue weighted by Crippen LogP contribution is 2.45. The highest BCUT2D eigenvalue weighted by molar-refractivity contribution is 5.13. The normalized spacial score (nSPS) is 29.1. The Balaban J connectivity index is 1.72. The van der Waals surface area contributed by atoms with Crippen molar-refractivity contribution in [3.05, 3.63) is 35.9 Å². The van der Waals surface area contributed by atoms with Gasteiger partial charge in [0.25, 0.3) is 0 Å². The van der Waals surface area contributed by atoms with Crippen molar-refractivity contribution in [2.45, 2.75) is 32.0 Å². The van der Waals surface area contributed by atoms with Crippen LogP contribution in [-0.4, -0.2) is 17.3 Å². The zero-order valence-electron chi connectivity index (χ0n) is 9.15. The number of aliphatic hydroxyl groups is 1. The summed E-state index contributed by atoms with van der Waals surface area (Å²) >= 11 is 0. The molecular weight excluding hydrogens is 188 g/mol. The molecule has 1 aromatic rings. The van der Waals surface area contributed by atoms with Gasteiger partial charge in [-0.1, -0.05) is 43.7 Å². The topological polar surface area (TPSA) is 29.5 Å². The zero-order valence-corrected chi connectivity index (χ0v) is 9.15. The van der Waals surface area contributed by atoms with Crippen LogP contribution < -0.4 is 0 Å². The Kier molecular flexibility index (Phi) is 3.08. The molecule has 0 aromatic heterocycles. The molecule has 1 saturated carbocycles. The Labute approximate surface area is 90.9 Å². The van der Waals surface area contributed by atoms with Crippen LogP contribution in [0.5, 0.6) is 0 Å². The van der Waals surface area contributed by atoms with Gasteiger partial charge in [-0.3, -0.25) is 0 Å². The standard InChI is InChI=1S/C13H18O2/c1-2-12-8-13(12,14)10-15-9-11-6-4-3-5-7-11/h3-7,12,14H,2,8-10H2,1H3/t12-,13-/m0/s1. The predicted molar refractivity (Wildman–Crippen MR) is 59.4 cm³/mol. The average Bonchev–Trinajstić information content (AvgIpc) is 2.91. The number of rotatable bonds is 5. The van der Waals surface area contributed by atoms with Crippen molar-refractivity contribution in [3.8, 4) is 0 Å². The molecule has 0 unspecified atom stereocenters. The van der Waals surface area contributed by atoms with Gasteiger partial charge in [-0.2, -0.15) is 0 Å². The molecule has 1 N–H and O–H groups in total. The first-order valence-corrected chi connectivity index (χ1v) is 5.58. The summed E-state index contributed by atoms with van der Waals surface area (Å²) in [7, 11) is 0. The molecule has 2 nitrogen and oxygen atoms in total. The lowest BCUT2D eigenvalue weighted by molar-refractivity contribution is 0.00323. The van der Waals surface area contributed by atoms with Gasteiger partial charge < -0.3 is 9.84 Å². The smallest absolute Gasteiger partial charge is 0.0912 e. The third-order valence-corrected chi connectivity index (χ3v) is 3.16. The van der Waals surface area contributed by atoms with Crippen LogP contribution >= 0.6 is 0 Å². The SMILES string of the molecule is CC[C@H]1C[C@]1(O)COCc1ccccc1. The molecule has 1 aliphatic carbocycles. The molecule has 2 rings (SSSR count). The fourth-order valence-electron chi connectivity index (χ4n) is 1.99. The van der Waals surface area contributed by atoms with E-state index in [-0.39, 0.29) is 0 Å². The van der Waals surface area contributed by atoms with Crippen molar-refractivity contribution in [1.29, 1.82) is 0 Å². The van der Waals surface area contributed by atoms with Crippen LogP contribution in [-0.2, 0) is 11.3 Å². The van der Waals surface area contributed by atoms with Gasteiger partial charge in [0.1, 0.15) is 0 Å².